The van der Waals surface area contributed by atoms with E-state index in [2.05, 4.69) is 20.7 Å². The minimum atomic E-state index is -4.14. The summed E-state index contributed by atoms with van der Waals surface area (Å²) in [5.41, 5.74) is 2.71. The molecule has 4 aromatic rings. The number of hydrogen-bond donors (Lipinski definition) is 4. The molecule has 0 aliphatic heterocycles. The fraction of sp³-hybridized carbons (Fsp3) is 0.103. The van der Waals surface area contributed by atoms with Crippen molar-refractivity contribution in [3.63, 3.8) is 0 Å². The van der Waals surface area contributed by atoms with Crippen LogP contribution in [0.1, 0.15) is 28.8 Å². The van der Waals surface area contributed by atoms with E-state index < -0.39 is 34.2 Å². The first-order chi connectivity index (χ1) is 18.7. The van der Waals surface area contributed by atoms with Crippen LogP contribution in [0.15, 0.2) is 114 Å². The Morgan fingerprint density at radius 3 is 1.77 bits per heavy atom. The number of benzene rings is 4. The van der Waals surface area contributed by atoms with Gasteiger partial charge in [0.15, 0.2) is 0 Å². The molecular weight excluding hydrogens is 536 g/mol. The molecule has 4 aromatic carbocycles. The van der Waals surface area contributed by atoms with Crippen LogP contribution in [-0.2, 0) is 10.0 Å². The standard InChI is InChI=1S/C29H27ClN4O4S/c1-20-15-17-25(18-16-20)39(37,38)34-29(36)33-27(22-11-6-3-7-12-22)26(21-9-4-2-5-10-21)32-28(35)31-24-14-8-13-23(30)19-24/h2-19,26-27H,1H3,(H2,31,32,35)(H2,33,34,36). The lowest BCUT2D eigenvalue weighted by molar-refractivity contribution is 0.232. The Hall–Kier alpha value is -4.34. The van der Waals surface area contributed by atoms with Gasteiger partial charge in [0.1, 0.15) is 0 Å². The molecule has 200 valence electrons. The number of carbonyl (C=O) groups is 2. The first-order valence-electron chi connectivity index (χ1n) is 12.0. The molecule has 0 radical (unpaired) electrons. The monoisotopic (exact) mass is 562 g/mol. The van der Waals surface area contributed by atoms with Crippen molar-refractivity contribution < 1.29 is 18.0 Å². The SMILES string of the molecule is Cc1ccc(S(=O)(=O)NC(=O)NC(c2ccccc2)C(NC(=O)Nc2cccc(Cl)c2)c2ccccc2)cc1. The molecule has 0 fully saturated rings. The molecule has 2 unspecified atom stereocenters. The van der Waals surface area contributed by atoms with E-state index in [1.807, 2.05) is 43.3 Å². The van der Waals surface area contributed by atoms with E-state index in [4.69, 9.17) is 11.6 Å². The Kier molecular flexibility index (Phi) is 8.85. The molecule has 2 atom stereocenters. The molecule has 8 nitrogen and oxygen atoms in total. The highest BCUT2D eigenvalue weighted by Gasteiger charge is 2.29. The maximum Gasteiger partial charge on any atom is 0.329 e. The summed E-state index contributed by atoms with van der Waals surface area (Å²) < 4.78 is 27.8. The Bertz CT molecular complexity index is 1530. The molecule has 0 saturated heterocycles. The maximum atomic E-state index is 13.1. The third kappa shape index (κ3) is 7.59. The van der Waals surface area contributed by atoms with Gasteiger partial charge in [-0.3, -0.25) is 0 Å². The number of carbonyl (C=O) groups excluding carboxylic acids is 2. The zero-order valence-electron chi connectivity index (χ0n) is 21.0. The van der Waals surface area contributed by atoms with E-state index in [9.17, 15) is 18.0 Å². The predicted molar refractivity (Wildman–Crippen MR) is 152 cm³/mol. The normalized spacial score (nSPS) is 12.6. The second-order valence-corrected chi connectivity index (χ2v) is 10.9. The molecule has 0 aromatic heterocycles. The second kappa shape index (κ2) is 12.5. The van der Waals surface area contributed by atoms with Gasteiger partial charge in [-0.1, -0.05) is 96.0 Å². The molecule has 10 heteroatoms. The number of sulfonamides is 1. The lowest BCUT2D eigenvalue weighted by Gasteiger charge is -2.30. The summed E-state index contributed by atoms with van der Waals surface area (Å²) in [5.74, 6) is 0. The van der Waals surface area contributed by atoms with Crippen molar-refractivity contribution in [3.8, 4) is 0 Å². The lowest BCUT2D eigenvalue weighted by Crippen LogP contribution is -2.46. The summed E-state index contributed by atoms with van der Waals surface area (Å²) in [6.45, 7) is 1.83. The predicted octanol–water partition coefficient (Wildman–Crippen LogP) is 5.94. The van der Waals surface area contributed by atoms with E-state index >= 15 is 0 Å². The highest BCUT2D eigenvalue weighted by atomic mass is 35.5. The average molecular weight is 563 g/mol. The minimum absolute atomic E-state index is 0.0434. The Balaban J connectivity index is 1.63. The molecule has 4 rings (SSSR count). The van der Waals surface area contributed by atoms with Crippen LogP contribution >= 0.6 is 11.6 Å². The van der Waals surface area contributed by atoms with E-state index in [-0.39, 0.29) is 4.90 Å². The third-order valence-electron chi connectivity index (χ3n) is 5.86. The number of amides is 4. The Morgan fingerprint density at radius 2 is 1.23 bits per heavy atom. The van der Waals surface area contributed by atoms with Gasteiger partial charge < -0.3 is 16.0 Å². The quantitative estimate of drug-likeness (QED) is 0.213. The van der Waals surface area contributed by atoms with Gasteiger partial charge in [0, 0.05) is 10.7 Å². The van der Waals surface area contributed by atoms with Gasteiger partial charge in [-0.25, -0.2) is 22.7 Å². The van der Waals surface area contributed by atoms with Crippen molar-refractivity contribution in [2.45, 2.75) is 23.9 Å². The second-order valence-electron chi connectivity index (χ2n) is 8.78. The van der Waals surface area contributed by atoms with E-state index in [1.54, 1.807) is 60.7 Å². The molecule has 0 bridgehead atoms. The number of hydrogen-bond acceptors (Lipinski definition) is 4. The van der Waals surface area contributed by atoms with Gasteiger partial charge in [-0.2, -0.15) is 0 Å². The van der Waals surface area contributed by atoms with Crippen LogP contribution in [0.3, 0.4) is 0 Å². The number of aryl methyl sites for hydroxylation is 1. The molecule has 0 spiro atoms. The minimum Gasteiger partial charge on any atom is -0.329 e. The maximum absolute atomic E-state index is 13.1. The lowest BCUT2D eigenvalue weighted by atomic mass is 9.93. The van der Waals surface area contributed by atoms with Gasteiger partial charge >= 0.3 is 12.1 Å². The fourth-order valence-electron chi connectivity index (χ4n) is 3.98. The van der Waals surface area contributed by atoms with E-state index in [0.29, 0.717) is 21.8 Å². The molecule has 0 aliphatic carbocycles. The van der Waals surface area contributed by atoms with Crippen molar-refractivity contribution in [1.82, 2.24) is 15.4 Å². The van der Waals surface area contributed by atoms with Crippen LogP contribution < -0.4 is 20.7 Å². The van der Waals surface area contributed by atoms with Crippen molar-refractivity contribution in [2.75, 3.05) is 5.32 Å². The zero-order valence-corrected chi connectivity index (χ0v) is 22.5. The highest BCUT2D eigenvalue weighted by molar-refractivity contribution is 7.90. The smallest absolute Gasteiger partial charge is 0.329 e. The van der Waals surface area contributed by atoms with Gasteiger partial charge in [-0.05, 0) is 48.4 Å². The zero-order chi connectivity index (χ0) is 27.8. The number of urea groups is 2. The highest BCUT2D eigenvalue weighted by Crippen LogP contribution is 2.29. The molecule has 4 amide bonds. The number of halogens is 1. The molecule has 0 saturated carbocycles. The van der Waals surface area contributed by atoms with E-state index in [0.717, 1.165) is 5.56 Å². The van der Waals surface area contributed by atoms with E-state index in [1.165, 1.54) is 12.1 Å². The molecule has 0 aliphatic rings. The molecule has 4 N–H and O–H groups in total. The van der Waals surface area contributed by atoms with Gasteiger partial charge in [0.25, 0.3) is 10.0 Å². The summed E-state index contributed by atoms with van der Waals surface area (Å²) in [7, 11) is -4.14. The van der Waals surface area contributed by atoms with Crippen LogP contribution in [0.5, 0.6) is 0 Å². The summed E-state index contributed by atoms with van der Waals surface area (Å²) in [6.07, 6.45) is 0. The summed E-state index contributed by atoms with van der Waals surface area (Å²) in [6, 6.07) is 27.8. The number of nitrogens with one attached hydrogen (secondary N) is 4. The third-order valence-corrected chi connectivity index (χ3v) is 7.45. The van der Waals surface area contributed by atoms with Crippen LogP contribution in [0.2, 0.25) is 5.02 Å². The Labute approximate surface area is 232 Å². The van der Waals surface area contributed by atoms with Crippen molar-refractivity contribution in [2.24, 2.45) is 0 Å². The van der Waals surface area contributed by atoms with Crippen LogP contribution in [0.4, 0.5) is 15.3 Å². The van der Waals surface area contributed by atoms with Gasteiger partial charge in [0.05, 0.1) is 17.0 Å². The average Bonchev–Trinajstić information content (AvgIpc) is 2.91. The molecule has 0 heterocycles. The topological polar surface area (TPSA) is 116 Å². The van der Waals surface area contributed by atoms with Crippen molar-refractivity contribution >= 4 is 39.4 Å². The first-order valence-corrected chi connectivity index (χ1v) is 13.9. The van der Waals surface area contributed by atoms with Gasteiger partial charge in [-0.15, -0.1) is 0 Å². The van der Waals surface area contributed by atoms with Crippen LogP contribution in [-0.4, -0.2) is 20.5 Å². The first kappa shape index (κ1) is 27.7. The number of anilines is 1. The van der Waals surface area contributed by atoms with Crippen molar-refractivity contribution in [1.29, 1.82) is 0 Å². The molecule has 39 heavy (non-hydrogen) atoms. The van der Waals surface area contributed by atoms with Crippen LogP contribution in [0, 0.1) is 6.92 Å². The fourth-order valence-corrected chi connectivity index (χ4v) is 5.09. The number of rotatable bonds is 8. The Morgan fingerprint density at radius 1 is 0.692 bits per heavy atom. The molecular formula is C29H27ClN4O4S. The summed E-state index contributed by atoms with van der Waals surface area (Å²) in [5, 5.41) is 8.88. The van der Waals surface area contributed by atoms with Crippen molar-refractivity contribution in [3.05, 3.63) is 131 Å². The summed E-state index contributed by atoms with van der Waals surface area (Å²) >= 11 is 6.05. The summed E-state index contributed by atoms with van der Waals surface area (Å²) in [4.78, 5) is 26.1. The van der Waals surface area contributed by atoms with Gasteiger partial charge in [0.2, 0.25) is 0 Å². The van der Waals surface area contributed by atoms with Crippen LogP contribution in [0.25, 0.3) is 0 Å². The largest absolute Gasteiger partial charge is 0.329 e.